The lowest BCUT2D eigenvalue weighted by atomic mass is 9.98. The number of methoxy groups -OCH3 is 1. The van der Waals surface area contributed by atoms with Gasteiger partial charge in [0.1, 0.15) is 5.75 Å². The van der Waals surface area contributed by atoms with Gasteiger partial charge < -0.3 is 10.1 Å². The van der Waals surface area contributed by atoms with Crippen molar-refractivity contribution in [3.63, 3.8) is 0 Å². The van der Waals surface area contributed by atoms with Crippen LogP contribution in [0.4, 0.5) is 0 Å². The first kappa shape index (κ1) is 14.0. The second kappa shape index (κ2) is 7.33. The molecule has 0 bridgehead atoms. The van der Waals surface area contributed by atoms with Gasteiger partial charge in [0, 0.05) is 6.04 Å². The second-order valence-electron chi connectivity index (χ2n) is 4.94. The molecule has 1 aromatic rings. The van der Waals surface area contributed by atoms with Crippen molar-refractivity contribution in [1.82, 2.24) is 5.32 Å². The van der Waals surface area contributed by atoms with Gasteiger partial charge in [-0.15, -0.1) is 0 Å². The van der Waals surface area contributed by atoms with E-state index in [1.165, 1.54) is 24.8 Å². The highest BCUT2D eigenvalue weighted by Crippen LogP contribution is 2.22. The molecule has 1 atom stereocenters. The molecule has 0 saturated carbocycles. The summed E-state index contributed by atoms with van der Waals surface area (Å²) in [6, 6.07) is 8.81. The molecule has 1 rings (SSSR count). The van der Waals surface area contributed by atoms with Gasteiger partial charge in [-0.25, -0.2) is 0 Å². The summed E-state index contributed by atoms with van der Waals surface area (Å²) in [5.41, 5.74) is 1.34. The molecule has 96 valence electrons. The van der Waals surface area contributed by atoms with Gasteiger partial charge in [0.2, 0.25) is 0 Å². The predicted octanol–water partition coefficient (Wildman–Crippen LogP) is 3.78. The van der Waals surface area contributed by atoms with Crippen molar-refractivity contribution in [2.24, 2.45) is 5.92 Å². The van der Waals surface area contributed by atoms with E-state index in [0.717, 1.165) is 11.7 Å². The van der Waals surface area contributed by atoms with Gasteiger partial charge in [-0.3, -0.25) is 0 Å². The van der Waals surface area contributed by atoms with E-state index >= 15 is 0 Å². The summed E-state index contributed by atoms with van der Waals surface area (Å²) < 4.78 is 5.17. The molecule has 1 N–H and O–H groups in total. The fourth-order valence-corrected chi connectivity index (χ4v) is 2.04. The van der Waals surface area contributed by atoms with E-state index < -0.39 is 0 Å². The number of benzene rings is 1. The van der Waals surface area contributed by atoms with E-state index in [4.69, 9.17) is 4.74 Å². The van der Waals surface area contributed by atoms with E-state index in [1.54, 1.807) is 7.11 Å². The molecule has 0 heterocycles. The Hall–Kier alpha value is -1.02. The van der Waals surface area contributed by atoms with Crippen molar-refractivity contribution in [1.29, 1.82) is 0 Å². The maximum atomic E-state index is 5.17. The van der Waals surface area contributed by atoms with Crippen LogP contribution in [-0.4, -0.2) is 14.2 Å². The first-order valence-corrected chi connectivity index (χ1v) is 6.48. The van der Waals surface area contributed by atoms with Crippen LogP contribution in [0.3, 0.4) is 0 Å². The van der Waals surface area contributed by atoms with Crippen LogP contribution in [0, 0.1) is 5.92 Å². The summed E-state index contributed by atoms with van der Waals surface area (Å²) in [7, 11) is 3.73. The quantitative estimate of drug-likeness (QED) is 0.776. The Labute approximate surface area is 105 Å². The minimum atomic E-state index is 0.458. The van der Waals surface area contributed by atoms with Gasteiger partial charge in [0.05, 0.1) is 7.11 Å². The zero-order valence-electron chi connectivity index (χ0n) is 11.5. The van der Waals surface area contributed by atoms with Crippen molar-refractivity contribution < 1.29 is 4.74 Å². The van der Waals surface area contributed by atoms with E-state index in [0.29, 0.717) is 6.04 Å². The van der Waals surface area contributed by atoms with E-state index in [-0.39, 0.29) is 0 Å². The molecule has 0 saturated heterocycles. The number of ether oxygens (including phenoxy) is 1. The molecule has 0 radical (unpaired) electrons. The lowest BCUT2D eigenvalue weighted by Gasteiger charge is -2.17. The van der Waals surface area contributed by atoms with Crippen molar-refractivity contribution in [3.8, 4) is 5.75 Å². The topological polar surface area (TPSA) is 21.3 Å². The SMILES string of the molecule is CNC(CCCC(C)C)c1ccc(OC)cc1. The van der Waals surface area contributed by atoms with E-state index in [1.807, 2.05) is 19.2 Å². The van der Waals surface area contributed by atoms with Gasteiger partial charge in [-0.2, -0.15) is 0 Å². The number of hydrogen-bond acceptors (Lipinski definition) is 2. The Bertz CT molecular complexity index is 305. The molecular weight excluding hydrogens is 210 g/mol. The smallest absolute Gasteiger partial charge is 0.118 e. The molecule has 0 aromatic heterocycles. The summed E-state index contributed by atoms with van der Waals surface area (Å²) in [6.07, 6.45) is 3.77. The summed E-state index contributed by atoms with van der Waals surface area (Å²) in [5, 5.41) is 3.39. The van der Waals surface area contributed by atoms with Crippen LogP contribution in [0.15, 0.2) is 24.3 Å². The number of rotatable bonds is 7. The third-order valence-electron chi connectivity index (χ3n) is 3.14. The van der Waals surface area contributed by atoms with Crippen molar-refractivity contribution >= 4 is 0 Å². The lowest BCUT2D eigenvalue weighted by Crippen LogP contribution is -2.16. The Balaban J connectivity index is 2.53. The Morgan fingerprint density at radius 3 is 2.24 bits per heavy atom. The van der Waals surface area contributed by atoms with Crippen LogP contribution in [0.2, 0.25) is 0 Å². The van der Waals surface area contributed by atoms with Crippen molar-refractivity contribution in [3.05, 3.63) is 29.8 Å². The van der Waals surface area contributed by atoms with Crippen LogP contribution in [0.5, 0.6) is 5.75 Å². The van der Waals surface area contributed by atoms with Gasteiger partial charge >= 0.3 is 0 Å². The minimum Gasteiger partial charge on any atom is -0.497 e. The predicted molar refractivity (Wildman–Crippen MR) is 73.5 cm³/mol. The van der Waals surface area contributed by atoms with E-state index in [9.17, 15) is 0 Å². The molecule has 2 nitrogen and oxygen atoms in total. The summed E-state index contributed by atoms with van der Waals surface area (Å²) >= 11 is 0. The van der Waals surface area contributed by atoms with Gasteiger partial charge in [-0.1, -0.05) is 38.8 Å². The third-order valence-corrected chi connectivity index (χ3v) is 3.14. The maximum absolute atomic E-state index is 5.17. The fraction of sp³-hybridized carbons (Fsp3) is 0.600. The maximum Gasteiger partial charge on any atom is 0.118 e. The third kappa shape index (κ3) is 4.78. The zero-order chi connectivity index (χ0) is 12.7. The van der Waals surface area contributed by atoms with Crippen LogP contribution in [0.1, 0.15) is 44.7 Å². The molecular formula is C15H25NO. The molecule has 0 aliphatic carbocycles. The highest BCUT2D eigenvalue weighted by molar-refractivity contribution is 5.29. The Morgan fingerprint density at radius 2 is 1.76 bits per heavy atom. The number of hydrogen-bond donors (Lipinski definition) is 1. The monoisotopic (exact) mass is 235 g/mol. The highest BCUT2D eigenvalue weighted by Gasteiger charge is 2.09. The molecule has 0 spiro atoms. The average molecular weight is 235 g/mol. The summed E-state index contributed by atoms with van der Waals surface area (Å²) in [4.78, 5) is 0. The standard InChI is InChI=1S/C15H25NO/c1-12(2)6-5-7-15(16-3)13-8-10-14(17-4)11-9-13/h8-12,15-16H,5-7H2,1-4H3. The average Bonchev–Trinajstić information content (AvgIpc) is 2.34. The van der Waals surface area contributed by atoms with Crippen LogP contribution >= 0.6 is 0 Å². The lowest BCUT2D eigenvalue weighted by molar-refractivity contribution is 0.414. The number of nitrogens with one attached hydrogen (secondary N) is 1. The minimum absolute atomic E-state index is 0.458. The molecule has 2 heteroatoms. The molecule has 17 heavy (non-hydrogen) atoms. The largest absolute Gasteiger partial charge is 0.497 e. The molecule has 1 aromatic carbocycles. The normalized spacial score (nSPS) is 12.8. The molecule has 1 unspecified atom stereocenters. The van der Waals surface area contributed by atoms with Crippen LogP contribution in [0.25, 0.3) is 0 Å². The molecule has 0 aliphatic rings. The first-order valence-electron chi connectivity index (χ1n) is 6.48. The summed E-state index contributed by atoms with van der Waals surface area (Å²) in [5.74, 6) is 1.72. The van der Waals surface area contributed by atoms with Gasteiger partial charge in [-0.05, 0) is 37.1 Å². The van der Waals surface area contributed by atoms with Crippen LogP contribution < -0.4 is 10.1 Å². The highest BCUT2D eigenvalue weighted by atomic mass is 16.5. The van der Waals surface area contributed by atoms with Gasteiger partial charge in [0.15, 0.2) is 0 Å². The van der Waals surface area contributed by atoms with E-state index in [2.05, 4.69) is 31.3 Å². The molecule has 0 fully saturated rings. The first-order chi connectivity index (χ1) is 8.17. The second-order valence-corrected chi connectivity index (χ2v) is 4.94. The Morgan fingerprint density at radius 1 is 1.12 bits per heavy atom. The van der Waals surface area contributed by atoms with Crippen molar-refractivity contribution in [2.45, 2.75) is 39.2 Å². The van der Waals surface area contributed by atoms with Crippen LogP contribution in [-0.2, 0) is 0 Å². The Kier molecular flexibility index (Phi) is 6.06. The van der Waals surface area contributed by atoms with Gasteiger partial charge in [0.25, 0.3) is 0 Å². The zero-order valence-corrected chi connectivity index (χ0v) is 11.5. The molecule has 0 aliphatic heterocycles. The van der Waals surface area contributed by atoms with Crippen molar-refractivity contribution in [2.75, 3.05) is 14.2 Å². The summed E-state index contributed by atoms with van der Waals surface area (Å²) in [6.45, 7) is 4.56. The fourth-order valence-electron chi connectivity index (χ4n) is 2.04. The molecule has 0 amide bonds.